The highest BCUT2D eigenvalue weighted by atomic mass is 16.2. The molecule has 0 aromatic heterocycles. The van der Waals surface area contributed by atoms with Crippen LogP contribution in [-0.4, -0.2) is 63.0 Å². The highest BCUT2D eigenvalue weighted by molar-refractivity contribution is 5.81. The Labute approximate surface area is 100.0 Å². The third-order valence-corrected chi connectivity index (χ3v) is 2.54. The van der Waals surface area contributed by atoms with E-state index in [1.807, 2.05) is 33.1 Å². The Morgan fingerprint density at radius 2 is 1.75 bits per heavy atom. The maximum absolute atomic E-state index is 11.9. The zero-order valence-corrected chi connectivity index (χ0v) is 11.6. The molecule has 4 heteroatoms. The van der Waals surface area contributed by atoms with E-state index in [4.69, 9.17) is 0 Å². The van der Waals surface area contributed by atoms with Gasteiger partial charge in [-0.25, -0.2) is 0 Å². The lowest BCUT2D eigenvalue weighted by atomic mass is 10.0. The van der Waals surface area contributed by atoms with E-state index in [9.17, 15) is 4.79 Å². The van der Waals surface area contributed by atoms with Gasteiger partial charge in [0.05, 0.1) is 6.04 Å². The van der Waals surface area contributed by atoms with Gasteiger partial charge in [0.2, 0.25) is 5.91 Å². The predicted molar refractivity (Wildman–Crippen MR) is 68.5 cm³/mol. The van der Waals surface area contributed by atoms with Crippen LogP contribution in [0.25, 0.3) is 0 Å². The van der Waals surface area contributed by atoms with Crippen LogP contribution in [0.15, 0.2) is 0 Å². The van der Waals surface area contributed by atoms with E-state index in [2.05, 4.69) is 24.1 Å². The molecule has 0 bridgehead atoms. The van der Waals surface area contributed by atoms with Gasteiger partial charge in [0, 0.05) is 6.54 Å². The van der Waals surface area contributed by atoms with Gasteiger partial charge in [-0.3, -0.25) is 9.69 Å². The summed E-state index contributed by atoms with van der Waals surface area (Å²) in [5.41, 5.74) is 0. The van der Waals surface area contributed by atoms with Crippen LogP contribution in [-0.2, 0) is 4.79 Å². The summed E-state index contributed by atoms with van der Waals surface area (Å²) in [4.78, 5) is 16.0. The van der Waals surface area contributed by atoms with Crippen LogP contribution >= 0.6 is 0 Å². The molecule has 1 atom stereocenters. The van der Waals surface area contributed by atoms with Crippen molar-refractivity contribution in [3.8, 4) is 0 Å². The molecule has 0 rings (SSSR count). The third kappa shape index (κ3) is 6.08. The zero-order chi connectivity index (χ0) is 12.7. The van der Waals surface area contributed by atoms with Crippen LogP contribution in [0.3, 0.4) is 0 Å². The third-order valence-electron chi connectivity index (χ3n) is 2.54. The summed E-state index contributed by atoms with van der Waals surface area (Å²) in [5, 5.41) is 2.99. The Morgan fingerprint density at radius 1 is 1.19 bits per heavy atom. The monoisotopic (exact) mass is 229 g/mol. The standard InChI is InChI=1S/C12H27N3O/c1-10(2)11(15(5)6)12(16)13-8-7-9-14(3)4/h10-11H,7-9H2,1-6H3,(H,13,16)/t11-/m1/s1. The first-order valence-corrected chi connectivity index (χ1v) is 5.95. The molecule has 0 aromatic rings. The smallest absolute Gasteiger partial charge is 0.237 e. The molecule has 1 N–H and O–H groups in total. The van der Waals surface area contributed by atoms with Gasteiger partial charge in [-0.2, -0.15) is 0 Å². The summed E-state index contributed by atoms with van der Waals surface area (Å²) < 4.78 is 0. The van der Waals surface area contributed by atoms with Crippen LogP contribution in [0, 0.1) is 5.92 Å². The van der Waals surface area contributed by atoms with Gasteiger partial charge in [0.15, 0.2) is 0 Å². The molecule has 0 saturated carbocycles. The van der Waals surface area contributed by atoms with Gasteiger partial charge in [0.25, 0.3) is 0 Å². The largest absolute Gasteiger partial charge is 0.355 e. The molecular formula is C12H27N3O. The van der Waals surface area contributed by atoms with Crippen molar-refractivity contribution in [2.24, 2.45) is 5.92 Å². The minimum atomic E-state index is -0.0284. The molecule has 0 saturated heterocycles. The van der Waals surface area contributed by atoms with Crippen LogP contribution in [0.2, 0.25) is 0 Å². The minimum absolute atomic E-state index is 0.0284. The van der Waals surface area contributed by atoms with E-state index < -0.39 is 0 Å². The number of likely N-dealkylation sites (N-methyl/N-ethyl adjacent to an activating group) is 1. The van der Waals surface area contributed by atoms with Crippen molar-refractivity contribution in [2.45, 2.75) is 26.3 Å². The average Bonchev–Trinajstić information content (AvgIpc) is 2.10. The molecule has 0 spiro atoms. The van der Waals surface area contributed by atoms with Gasteiger partial charge in [-0.1, -0.05) is 13.8 Å². The Balaban J connectivity index is 3.93. The molecular weight excluding hydrogens is 202 g/mol. The van der Waals surface area contributed by atoms with E-state index in [0.29, 0.717) is 5.92 Å². The lowest BCUT2D eigenvalue weighted by molar-refractivity contribution is -0.126. The van der Waals surface area contributed by atoms with Crippen LogP contribution in [0.4, 0.5) is 0 Å². The number of nitrogens with zero attached hydrogens (tertiary/aromatic N) is 2. The van der Waals surface area contributed by atoms with E-state index in [1.165, 1.54) is 0 Å². The normalized spacial score (nSPS) is 13.6. The van der Waals surface area contributed by atoms with Crippen molar-refractivity contribution in [3.63, 3.8) is 0 Å². The SMILES string of the molecule is CC(C)[C@H](C(=O)NCCCN(C)C)N(C)C. The number of amides is 1. The van der Waals surface area contributed by atoms with Gasteiger partial charge < -0.3 is 10.2 Å². The fraction of sp³-hybridized carbons (Fsp3) is 0.917. The molecule has 0 fully saturated rings. The van der Waals surface area contributed by atoms with Crippen molar-refractivity contribution >= 4 is 5.91 Å². The Bertz CT molecular complexity index is 194. The highest BCUT2D eigenvalue weighted by Gasteiger charge is 2.23. The summed E-state index contributed by atoms with van der Waals surface area (Å²) in [6.45, 7) is 5.91. The second-order valence-corrected chi connectivity index (χ2v) is 5.10. The summed E-state index contributed by atoms with van der Waals surface area (Å²) in [7, 11) is 7.98. The molecule has 0 heterocycles. The molecule has 4 nitrogen and oxygen atoms in total. The number of rotatable bonds is 7. The molecule has 0 radical (unpaired) electrons. The first-order chi connectivity index (χ1) is 7.36. The van der Waals surface area contributed by atoms with Gasteiger partial charge in [-0.05, 0) is 47.1 Å². The van der Waals surface area contributed by atoms with Crippen LogP contribution in [0.5, 0.6) is 0 Å². The molecule has 0 unspecified atom stereocenters. The number of carbonyl (C=O) groups excluding carboxylic acids is 1. The summed E-state index contributed by atoms with van der Waals surface area (Å²) >= 11 is 0. The fourth-order valence-corrected chi connectivity index (χ4v) is 1.84. The molecule has 96 valence electrons. The first-order valence-electron chi connectivity index (χ1n) is 5.95. The minimum Gasteiger partial charge on any atom is -0.355 e. The summed E-state index contributed by atoms with van der Waals surface area (Å²) in [6, 6.07) is -0.0284. The van der Waals surface area contributed by atoms with E-state index >= 15 is 0 Å². The first kappa shape index (κ1) is 15.4. The summed E-state index contributed by atoms with van der Waals surface area (Å²) in [5.74, 6) is 0.475. The second-order valence-electron chi connectivity index (χ2n) is 5.10. The quantitative estimate of drug-likeness (QED) is 0.651. The lowest BCUT2D eigenvalue weighted by Crippen LogP contribution is -2.47. The molecule has 1 amide bonds. The molecule has 0 aliphatic heterocycles. The van der Waals surface area contributed by atoms with Gasteiger partial charge in [0.1, 0.15) is 0 Å². The molecule has 0 aliphatic carbocycles. The van der Waals surface area contributed by atoms with E-state index in [-0.39, 0.29) is 11.9 Å². The molecule has 16 heavy (non-hydrogen) atoms. The summed E-state index contributed by atoms with van der Waals surface area (Å²) in [6.07, 6.45) is 0.997. The Hall–Kier alpha value is -0.610. The number of carbonyl (C=O) groups is 1. The number of hydrogen-bond acceptors (Lipinski definition) is 3. The van der Waals surface area contributed by atoms with Crippen molar-refractivity contribution < 1.29 is 4.79 Å². The van der Waals surface area contributed by atoms with Crippen molar-refractivity contribution in [2.75, 3.05) is 41.3 Å². The molecule has 0 aliphatic rings. The predicted octanol–water partition coefficient (Wildman–Crippen LogP) is 0.641. The fourth-order valence-electron chi connectivity index (χ4n) is 1.84. The highest BCUT2D eigenvalue weighted by Crippen LogP contribution is 2.07. The maximum atomic E-state index is 11.9. The Morgan fingerprint density at radius 3 is 2.12 bits per heavy atom. The van der Waals surface area contributed by atoms with Crippen LogP contribution in [0.1, 0.15) is 20.3 Å². The van der Waals surface area contributed by atoms with E-state index in [1.54, 1.807) is 0 Å². The van der Waals surface area contributed by atoms with Crippen LogP contribution < -0.4 is 5.32 Å². The number of hydrogen-bond donors (Lipinski definition) is 1. The molecule has 0 aromatic carbocycles. The van der Waals surface area contributed by atoms with Crippen molar-refractivity contribution in [3.05, 3.63) is 0 Å². The average molecular weight is 229 g/mol. The van der Waals surface area contributed by atoms with E-state index in [0.717, 1.165) is 19.5 Å². The second kappa shape index (κ2) is 7.63. The van der Waals surface area contributed by atoms with Crippen molar-refractivity contribution in [1.29, 1.82) is 0 Å². The van der Waals surface area contributed by atoms with Crippen molar-refractivity contribution in [1.82, 2.24) is 15.1 Å². The van der Waals surface area contributed by atoms with Gasteiger partial charge >= 0.3 is 0 Å². The Kier molecular flexibility index (Phi) is 7.34. The number of nitrogens with one attached hydrogen (secondary N) is 1. The lowest BCUT2D eigenvalue weighted by Gasteiger charge is -2.26. The zero-order valence-electron chi connectivity index (χ0n) is 11.6. The maximum Gasteiger partial charge on any atom is 0.237 e. The van der Waals surface area contributed by atoms with Gasteiger partial charge in [-0.15, -0.1) is 0 Å². The topological polar surface area (TPSA) is 35.6 Å².